The summed E-state index contributed by atoms with van der Waals surface area (Å²) in [5, 5.41) is 0. The van der Waals surface area contributed by atoms with Gasteiger partial charge in [0.15, 0.2) is 5.76 Å². The van der Waals surface area contributed by atoms with Crippen molar-refractivity contribution < 1.29 is 9.21 Å². The number of hydrogen-bond acceptors (Lipinski definition) is 4. The Kier molecular flexibility index (Phi) is 6.57. The summed E-state index contributed by atoms with van der Waals surface area (Å²) in [4.78, 5) is 15.6. The number of likely N-dealkylation sites (tertiary alicyclic amines) is 1. The molecule has 6 heteroatoms. The Hall–Kier alpha value is -1.43. The molecule has 124 valence electrons. The van der Waals surface area contributed by atoms with Gasteiger partial charge < -0.3 is 15.1 Å². The number of nitrogens with zero attached hydrogens (tertiary/aromatic N) is 1. The van der Waals surface area contributed by atoms with Gasteiger partial charge in [0.25, 0.3) is 5.91 Å². The lowest BCUT2D eigenvalue weighted by Crippen LogP contribution is -2.42. The number of thioether (sulfide) groups is 1. The van der Waals surface area contributed by atoms with E-state index >= 15 is 0 Å². The fraction of sp³-hybridized carbons (Fsp3) is 0.353. The molecule has 0 radical (unpaired) electrons. The van der Waals surface area contributed by atoms with Gasteiger partial charge in [-0.2, -0.15) is 0 Å². The van der Waals surface area contributed by atoms with Gasteiger partial charge in [-0.05, 0) is 31.0 Å². The lowest BCUT2D eigenvalue weighted by Gasteiger charge is -2.29. The highest BCUT2D eigenvalue weighted by Crippen LogP contribution is 2.26. The lowest BCUT2D eigenvalue weighted by molar-refractivity contribution is 0.0681. The molecule has 2 heterocycles. The maximum absolute atomic E-state index is 12.6. The zero-order valence-electron chi connectivity index (χ0n) is 12.8. The van der Waals surface area contributed by atoms with Crippen LogP contribution in [-0.2, 0) is 5.75 Å². The Morgan fingerprint density at radius 1 is 1.22 bits per heavy atom. The Labute approximate surface area is 146 Å². The van der Waals surface area contributed by atoms with Crippen molar-refractivity contribution in [1.29, 1.82) is 0 Å². The van der Waals surface area contributed by atoms with Crippen molar-refractivity contribution in [2.75, 3.05) is 13.1 Å². The van der Waals surface area contributed by atoms with Crippen LogP contribution in [0.4, 0.5) is 0 Å². The molecule has 1 saturated heterocycles. The minimum Gasteiger partial charge on any atom is -0.459 e. The smallest absolute Gasteiger partial charge is 0.289 e. The van der Waals surface area contributed by atoms with Crippen LogP contribution in [0.2, 0.25) is 0 Å². The average Bonchev–Trinajstić information content (AvgIpc) is 3.02. The normalized spacial score (nSPS) is 15.3. The molecule has 3 rings (SSSR count). The van der Waals surface area contributed by atoms with Crippen LogP contribution in [-0.4, -0.2) is 29.9 Å². The third-order valence-electron chi connectivity index (χ3n) is 3.91. The molecular formula is C17H21ClN2O2S. The minimum absolute atomic E-state index is 0. The topological polar surface area (TPSA) is 59.5 Å². The first-order chi connectivity index (χ1) is 10.7. The van der Waals surface area contributed by atoms with Gasteiger partial charge >= 0.3 is 0 Å². The SMILES string of the molecule is Cl.NC1CCN(C(=O)c2occc2CSc2ccccc2)CC1. The van der Waals surface area contributed by atoms with Crippen LogP contribution in [0.5, 0.6) is 0 Å². The highest BCUT2D eigenvalue weighted by molar-refractivity contribution is 7.98. The molecule has 2 aromatic rings. The molecule has 2 N–H and O–H groups in total. The number of furan rings is 1. The first-order valence-electron chi connectivity index (χ1n) is 7.53. The van der Waals surface area contributed by atoms with E-state index in [1.165, 1.54) is 4.90 Å². The molecule has 23 heavy (non-hydrogen) atoms. The second-order valence-corrected chi connectivity index (χ2v) is 6.56. The van der Waals surface area contributed by atoms with E-state index in [9.17, 15) is 4.79 Å². The van der Waals surface area contributed by atoms with Crippen molar-refractivity contribution in [3.05, 3.63) is 54.0 Å². The van der Waals surface area contributed by atoms with Crippen LogP contribution >= 0.6 is 24.2 Å². The van der Waals surface area contributed by atoms with Gasteiger partial charge in [0, 0.05) is 35.3 Å². The number of halogens is 1. The number of rotatable bonds is 4. The Morgan fingerprint density at radius 2 is 1.91 bits per heavy atom. The first kappa shape index (κ1) is 17.9. The van der Waals surface area contributed by atoms with Gasteiger partial charge in [0.05, 0.1) is 6.26 Å². The summed E-state index contributed by atoms with van der Waals surface area (Å²) in [5.74, 6) is 1.19. The van der Waals surface area contributed by atoms with Crippen LogP contribution in [0.3, 0.4) is 0 Å². The summed E-state index contributed by atoms with van der Waals surface area (Å²) in [7, 11) is 0. The molecule has 4 nitrogen and oxygen atoms in total. The molecule has 0 saturated carbocycles. The highest BCUT2D eigenvalue weighted by Gasteiger charge is 2.25. The van der Waals surface area contributed by atoms with Crippen molar-refractivity contribution in [2.24, 2.45) is 5.73 Å². The maximum Gasteiger partial charge on any atom is 0.289 e. The minimum atomic E-state index is -0.0134. The van der Waals surface area contributed by atoms with Gasteiger partial charge in [-0.3, -0.25) is 4.79 Å². The van der Waals surface area contributed by atoms with E-state index in [4.69, 9.17) is 10.2 Å². The number of nitrogens with two attached hydrogens (primary N) is 1. The third kappa shape index (κ3) is 4.53. The van der Waals surface area contributed by atoms with E-state index in [0.717, 1.165) is 24.2 Å². The van der Waals surface area contributed by atoms with Crippen LogP contribution in [0, 0.1) is 0 Å². The second kappa shape index (κ2) is 8.43. The Bertz CT molecular complexity index is 625. The van der Waals surface area contributed by atoms with Crippen LogP contribution in [0.25, 0.3) is 0 Å². The monoisotopic (exact) mass is 352 g/mol. The van der Waals surface area contributed by atoms with E-state index in [2.05, 4.69) is 12.1 Å². The zero-order valence-corrected chi connectivity index (χ0v) is 14.4. The Balaban J connectivity index is 0.00000192. The van der Waals surface area contributed by atoms with Gasteiger partial charge in [0.1, 0.15) is 0 Å². The summed E-state index contributed by atoms with van der Waals surface area (Å²) < 4.78 is 5.46. The van der Waals surface area contributed by atoms with E-state index in [0.29, 0.717) is 18.8 Å². The molecule has 0 spiro atoms. The fourth-order valence-electron chi connectivity index (χ4n) is 2.56. The first-order valence-corrected chi connectivity index (χ1v) is 8.51. The van der Waals surface area contributed by atoms with E-state index in [1.54, 1.807) is 18.0 Å². The lowest BCUT2D eigenvalue weighted by atomic mass is 10.1. The standard InChI is InChI=1S/C17H20N2O2S.ClH/c18-14-6-9-19(10-7-14)17(20)16-13(8-11-21-16)12-22-15-4-2-1-3-5-15;/h1-5,8,11,14H,6-7,9-10,12,18H2;1H. The zero-order chi connectivity index (χ0) is 15.4. The van der Waals surface area contributed by atoms with E-state index < -0.39 is 0 Å². The molecular weight excluding hydrogens is 332 g/mol. The quantitative estimate of drug-likeness (QED) is 0.855. The number of benzene rings is 1. The van der Waals surface area contributed by atoms with Gasteiger partial charge in [0.2, 0.25) is 0 Å². The number of amides is 1. The number of piperidine rings is 1. The summed E-state index contributed by atoms with van der Waals surface area (Å²) in [6.07, 6.45) is 3.32. The molecule has 1 fully saturated rings. The van der Waals surface area contributed by atoms with Crippen molar-refractivity contribution in [3.8, 4) is 0 Å². The highest BCUT2D eigenvalue weighted by atomic mass is 35.5. The number of carbonyl (C=O) groups is 1. The maximum atomic E-state index is 12.6. The largest absolute Gasteiger partial charge is 0.459 e. The van der Waals surface area contributed by atoms with E-state index in [-0.39, 0.29) is 24.4 Å². The molecule has 0 aliphatic carbocycles. The molecule has 1 aliphatic rings. The van der Waals surface area contributed by atoms with Crippen molar-refractivity contribution in [3.63, 3.8) is 0 Å². The van der Waals surface area contributed by atoms with Gasteiger partial charge in [-0.15, -0.1) is 24.2 Å². The Morgan fingerprint density at radius 3 is 2.61 bits per heavy atom. The molecule has 1 amide bonds. The van der Waals surface area contributed by atoms with Crippen LogP contribution in [0.1, 0.15) is 29.0 Å². The van der Waals surface area contributed by atoms with Gasteiger partial charge in [-0.1, -0.05) is 18.2 Å². The number of hydrogen-bond donors (Lipinski definition) is 1. The predicted octanol–water partition coefficient (Wildman–Crippen LogP) is 3.56. The van der Waals surface area contributed by atoms with Gasteiger partial charge in [-0.25, -0.2) is 0 Å². The summed E-state index contributed by atoms with van der Waals surface area (Å²) >= 11 is 1.71. The van der Waals surface area contributed by atoms with E-state index in [1.807, 2.05) is 29.2 Å². The summed E-state index contributed by atoms with van der Waals surface area (Å²) in [6.45, 7) is 1.43. The second-order valence-electron chi connectivity index (χ2n) is 5.51. The van der Waals surface area contributed by atoms with Crippen LogP contribution in [0.15, 0.2) is 52.0 Å². The fourth-order valence-corrected chi connectivity index (χ4v) is 3.46. The molecule has 0 bridgehead atoms. The van der Waals surface area contributed by atoms with Crippen molar-refractivity contribution >= 4 is 30.1 Å². The molecule has 1 aromatic heterocycles. The summed E-state index contributed by atoms with van der Waals surface area (Å²) in [6, 6.07) is 12.3. The molecule has 1 aliphatic heterocycles. The molecule has 1 aromatic carbocycles. The molecule has 0 unspecified atom stereocenters. The van der Waals surface area contributed by atoms with Crippen LogP contribution < -0.4 is 5.73 Å². The third-order valence-corrected chi connectivity index (χ3v) is 4.97. The molecule has 0 atom stereocenters. The number of carbonyl (C=O) groups excluding carboxylic acids is 1. The van der Waals surface area contributed by atoms with Crippen molar-refractivity contribution in [1.82, 2.24) is 4.90 Å². The van der Waals surface area contributed by atoms with Crippen molar-refractivity contribution in [2.45, 2.75) is 29.5 Å². The average molecular weight is 353 g/mol. The predicted molar refractivity (Wildman–Crippen MR) is 95.1 cm³/mol. The summed E-state index contributed by atoms with van der Waals surface area (Å²) in [5.41, 5.74) is 6.85.